The van der Waals surface area contributed by atoms with Crippen LogP contribution in [0, 0.1) is 0 Å². The molecule has 16 heavy (non-hydrogen) atoms. The summed E-state index contributed by atoms with van der Waals surface area (Å²) in [5, 5.41) is 0. The number of likely N-dealkylation sites (tertiary alicyclic amines) is 1. The summed E-state index contributed by atoms with van der Waals surface area (Å²) in [7, 11) is 0. The van der Waals surface area contributed by atoms with Crippen LogP contribution in [-0.2, 0) is 0 Å². The van der Waals surface area contributed by atoms with Crippen LogP contribution in [0.3, 0.4) is 0 Å². The highest BCUT2D eigenvalue weighted by Crippen LogP contribution is 2.28. The van der Waals surface area contributed by atoms with Gasteiger partial charge in [0, 0.05) is 6.04 Å². The second kappa shape index (κ2) is 5.31. The maximum Gasteiger partial charge on any atom is 0.0247 e. The Bertz CT molecular complexity index is 323. The van der Waals surface area contributed by atoms with Crippen LogP contribution in [0.15, 0.2) is 43.0 Å². The third-order valence-electron chi connectivity index (χ3n) is 3.72. The zero-order valence-corrected chi connectivity index (χ0v) is 10.1. The monoisotopic (exact) mass is 215 g/mol. The fourth-order valence-electron chi connectivity index (χ4n) is 2.51. The Morgan fingerprint density at radius 2 is 1.88 bits per heavy atom. The summed E-state index contributed by atoms with van der Waals surface area (Å²) >= 11 is 0. The molecule has 1 aliphatic rings. The minimum atomic E-state index is 0.525. The lowest BCUT2D eigenvalue weighted by atomic mass is 9.89. The van der Waals surface area contributed by atoms with Crippen LogP contribution in [0.1, 0.15) is 31.2 Å². The Morgan fingerprint density at radius 3 is 2.44 bits per heavy atom. The SMILES string of the molecule is C=CC(C)N1CCC(c2ccccc2)CC1. The quantitative estimate of drug-likeness (QED) is 0.698. The predicted molar refractivity (Wildman–Crippen MR) is 69.6 cm³/mol. The fraction of sp³-hybridized carbons (Fsp3) is 0.467. The van der Waals surface area contributed by atoms with Gasteiger partial charge in [-0.2, -0.15) is 0 Å². The van der Waals surface area contributed by atoms with E-state index in [0.717, 1.165) is 5.92 Å². The number of hydrogen-bond donors (Lipinski definition) is 0. The zero-order chi connectivity index (χ0) is 11.4. The number of hydrogen-bond acceptors (Lipinski definition) is 1. The summed E-state index contributed by atoms with van der Waals surface area (Å²) < 4.78 is 0. The number of piperidine rings is 1. The molecule has 0 N–H and O–H groups in total. The first-order valence-electron chi connectivity index (χ1n) is 6.23. The van der Waals surface area contributed by atoms with E-state index in [2.05, 4.69) is 48.7 Å². The van der Waals surface area contributed by atoms with Gasteiger partial charge in [-0.05, 0) is 44.3 Å². The molecule has 1 nitrogen and oxygen atoms in total. The predicted octanol–water partition coefficient (Wildman–Crippen LogP) is 3.44. The standard InChI is InChI=1S/C15H21N/c1-3-13(2)16-11-9-15(10-12-16)14-7-5-4-6-8-14/h3-8,13,15H,1,9-12H2,2H3. The Kier molecular flexibility index (Phi) is 3.79. The van der Waals surface area contributed by atoms with Gasteiger partial charge in [0.2, 0.25) is 0 Å². The van der Waals surface area contributed by atoms with Gasteiger partial charge in [0.05, 0.1) is 0 Å². The summed E-state index contributed by atoms with van der Waals surface area (Å²) in [5.74, 6) is 0.759. The highest BCUT2D eigenvalue weighted by Gasteiger charge is 2.22. The highest BCUT2D eigenvalue weighted by atomic mass is 15.1. The largest absolute Gasteiger partial charge is 0.297 e. The number of rotatable bonds is 3. The molecule has 0 radical (unpaired) electrons. The van der Waals surface area contributed by atoms with E-state index in [0.29, 0.717) is 6.04 Å². The van der Waals surface area contributed by atoms with Crippen molar-refractivity contribution in [1.82, 2.24) is 4.90 Å². The van der Waals surface area contributed by atoms with E-state index in [1.54, 1.807) is 0 Å². The number of nitrogens with zero attached hydrogens (tertiary/aromatic N) is 1. The molecule has 1 unspecified atom stereocenters. The molecule has 86 valence electrons. The molecule has 0 bridgehead atoms. The first-order valence-corrected chi connectivity index (χ1v) is 6.23. The maximum absolute atomic E-state index is 3.87. The van der Waals surface area contributed by atoms with Gasteiger partial charge >= 0.3 is 0 Å². The van der Waals surface area contributed by atoms with Crippen molar-refractivity contribution in [1.29, 1.82) is 0 Å². The number of benzene rings is 1. The van der Waals surface area contributed by atoms with Crippen molar-refractivity contribution in [3.8, 4) is 0 Å². The molecule has 1 aromatic carbocycles. The van der Waals surface area contributed by atoms with Gasteiger partial charge < -0.3 is 0 Å². The summed E-state index contributed by atoms with van der Waals surface area (Å²) in [6.45, 7) is 8.51. The van der Waals surface area contributed by atoms with Crippen molar-refractivity contribution in [2.45, 2.75) is 31.7 Å². The normalized spacial score (nSPS) is 20.6. The van der Waals surface area contributed by atoms with Gasteiger partial charge in [-0.15, -0.1) is 6.58 Å². The van der Waals surface area contributed by atoms with Crippen molar-refractivity contribution >= 4 is 0 Å². The molecule has 1 atom stereocenters. The van der Waals surface area contributed by atoms with Crippen LogP contribution in [0.2, 0.25) is 0 Å². The summed E-state index contributed by atoms with van der Waals surface area (Å²) in [6, 6.07) is 11.4. The Morgan fingerprint density at radius 1 is 1.25 bits per heavy atom. The molecule has 2 rings (SSSR count). The average molecular weight is 215 g/mol. The van der Waals surface area contributed by atoms with Crippen LogP contribution in [-0.4, -0.2) is 24.0 Å². The summed E-state index contributed by atoms with van der Waals surface area (Å²) in [5.41, 5.74) is 1.51. The lowest BCUT2D eigenvalue weighted by Crippen LogP contribution is -2.38. The van der Waals surface area contributed by atoms with Crippen LogP contribution in [0.25, 0.3) is 0 Å². The minimum Gasteiger partial charge on any atom is -0.297 e. The third kappa shape index (κ3) is 2.53. The fourth-order valence-corrected chi connectivity index (χ4v) is 2.51. The molecular weight excluding hydrogens is 194 g/mol. The second-order valence-corrected chi connectivity index (χ2v) is 4.70. The van der Waals surface area contributed by atoms with Crippen LogP contribution < -0.4 is 0 Å². The van der Waals surface area contributed by atoms with Gasteiger partial charge in [-0.3, -0.25) is 4.90 Å². The van der Waals surface area contributed by atoms with E-state index in [1.807, 2.05) is 6.08 Å². The van der Waals surface area contributed by atoms with Crippen molar-refractivity contribution < 1.29 is 0 Å². The van der Waals surface area contributed by atoms with Crippen LogP contribution in [0.4, 0.5) is 0 Å². The Hall–Kier alpha value is -1.08. The van der Waals surface area contributed by atoms with Gasteiger partial charge in [-0.1, -0.05) is 36.4 Å². The van der Waals surface area contributed by atoms with E-state index in [1.165, 1.54) is 31.5 Å². The Labute approximate surface area is 98.8 Å². The lowest BCUT2D eigenvalue weighted by molar-refractivity contribution is 0.187. The molecule has 1 heteroatoms. The molecule has 1 fully saturated rings. The molecule has 1 aromatic rings. The van der Waals surface area contributed by atoms with Gasteiger partial charge in [0.15, 0.2) is 0 Å². The van der Waals surface area contributed by atoms with Gasteiger partial charge in [-0.25, -0.2) is 0 Å². The minimum absolute atomic E-state index is 0.525. The molecule has 1 aliphatic heterocycles. The van der Waals surface area contributed by atoms with E-state index < -0.39 is 0 Å². The van der Waals surface area contributed by atoms with E-state index in [-0.39, 0.29) is 0 Å². The summed E-state index contributed by atoms with van der Waals surface area (Å²) in [6.07, 6.45) is 4.60. The van der Waals surface area contributed by atoms with Gasteiger partial charge in [0.1, 0.15) is 0 Å². The third-order valence-corrected chi connectivity index (χ3v) is 3.72. The Balaban J connectivity index is 1.93. The smallest absolute Gasteiger partial charge is 0.0247 e. The summed E-state index contributed by atoms with van der Waals surface area (Å²) in [4.78, 5) is 2.52. The lowest BCUT2D eigenvalue weighted by Gasteiger charge is -2.35. The molecule has 0 amide bonds. The molecular formula is C15H21N. The van der Waals surface area contributed by atoms with E-state index in [4.69, 9.17) is 0 Å². The highest BCUT2D eigenvalue weighted by molar-refractivity contribution is 5.20. The van der Waals surface area contributed by atoms with Gasteiger partial charge in [0.25, 0.3) is 0 Å². The van der Waals surface area contributed by atoms with Crippen molar-refractivity contribution in [2.24, 2.45) is 0 Å². The maximum atomic E-state index is 3.87. The molecule has 0 saturated carbocycles. The molecule has 0 spiro atoms. The van der Waals surface area contributed by atoms with Crippen molar-refractivity contribution in [3.05, 3.63) is 48.6 Å². The molecule has 1 heterocycles. The van der Waals surface area contributed by atoms with Crippen molar-refractivity contribution in [3.63, 3.8) is 0 Å². The molecule has 0 aromatic heterocycles. The topological polar surface area (TPSA) is 3.24 Å². The van der Waals surface area contributed by atoms with Crippen LogP contribution >= 0.6 is 0 Å². The van der Waals surface area contributed by atoms with E-state index in [9.17, 15) is 0 Å². The first-order chi connectivity index (χ1) is 7.81. The second-order valence-electron chi connectivity index (χ2n) is 4.70. The average Bonchev–Trinajstić information content (AvgIpc) is 2.39. The molecule has 1 saturated heterocycles. The van der Waals surface area contributed by atoms with E-state index >= 15 is 0 Å². The molecule has 0 aliphatic carbocycles. The first kappa shape index (κ1) is 11.4. The van der Waals surface area contributed by atoms with Crippen molar-refractivity contribution in [2.75, 3.05) is 13.1 Å². The zero-order valence-electron chi connectivity index (χ0n) is 10.1. The van der Waals surface area contributed by atoms with Crippen LogP contribution in [0.5, 0.6) is 0 Å².